The number of fused-ring (bicyclic) bond motifs is 2. The Kier molecular flexibility index (Phi) is 6.12. The highest BCUT2D eigenvalue weighted by molar-refractivity contribution is 7.91. The Balaban J connectivity index is 1.70. The Bertz CT molecular complexity index is 1760. The molecule has 1 N–H and O–H groups in total. The molecular weight excluding hydrogens is 543 g/mol. The van der Waals surface area contributed by atoms with Crippen LogP contribution in [0.2, 0.25) is 0 Å². The van der Waals surface area contributed by atoms with E-state index in [0.29, 0.717) is 19.0 Å². The number of aromatic nitrogens is 6. The van der Waals surface area contributed by atoms with E-state index < -0.39 is 44.0 Å². The molecule has 0 spiro atoms. The SMILES string of the molecule is CCOC(=O)C1(NC(=O)c2ccnc3c(-c4nc5cc(C(F)(F)F)cnc5n4C)c(S(=O)(=O)CC)nn23)CC1. The van der Waals surface area contributed by atoms with Crippen molar-refractivity contribution in [1.82, 2.24) is 34.4 Å². The van der Waals surface area contributed by atoms with Gasteiger partial charge in [0.2, 0.25) is 0 Å². The second kappa shape index (κ2) is 9.00. The zero-order valence-corrected chi connectivity index (χ0v) is 21.7. The largest absolute Gasteiger partial charge is 0.464 e. The number of esters is 1. The van der Waals surface area contributed by atoms with Crippen molar-refractivity contribution < 1.29 is 35.9 Å². The first kappa shape index (κ1) is 26.5. The fraction of sp³-hybridized carbons (Fsp3) is 0.391. The van der Waals surface area contributed by atoms with Gasteiger partial charge in [-0.05, 0) is 31.9 Å². The summed E-state index contributed by atoms with van der Waals surface area (Å²) >= 11 is 0. The molecule has 1 aliphatic carbocycles. The van der Waals surface area contributed by atoms with E-state index in [4.69, 9.17) is 4.74 Å². The van der Waals surface area contributed by atoms with Crippen molar-refractivity contribution >= 4 is 38.5 Å². The van der Waals surface area contributed by atoms with E-state index in [1.807, 2.05) is 0 Å². The summed E-state index contributed by atoms with van der Waals surface area (Å²) in [5.74, 6) is -1.72. The molecule has 4 aromatic heterocycles. The molecule has 12 nitrogen and oxygen atoms in total. The van der Waals surface area contributed by atoms with Crippen LogP contribution in [0.3, 0.4) is 0 Å². The van der Waals surface area contributed by atoms with Gasteiger partial charge in [0.25, 0.3) is 5.91 Å². The number of nitrogens with one attached hydrogen (secondary N) is 1. The molecule has 206 valence electrons. The number of ether oxygens (including phenoxy) is 1. The summed E-state index contributed by atoms with van der Waals surface area (Å²) in [6.07, 6.45) is -2.00. The molecule has 4 heterocycles. The van der Waals surface area contributed by atoms with Crippen molar-refractivity contribution in [3.05, 3.63) is 35.8 Å². The molecule has 1 amide bonds. The lowest BCUT2D eigenvalue weighted by molar-refractivity contribution is -0.146. The number of nitrogens with zero attached hydrogens (tertiary/aromatic N) is 6. The van der Waals surface area contributed by atoms with Crippen molar-refractivity contribution in [3.8, 4) is 11.4 Å². The maximum Gasteiger partial charge on any atom is 0.417 e. The second-order valence-electron chi connectivity index (χ2n) is 8.96. The minimum Gasteiger partial charge on any atom is -0.464 e. The van der Waals surface area contributed by atoms with Crippen LogP contribution >= 0.6 is 0 Å². The lowest BCUT2D eigenvalue weighted by Gasteiger charge is -2.16. The number of rotatable bonds is 7. The molecule has 0 radical (unpaired) electrons. The highest BCUT2D eigenvalue weighted by atomic mass is 32.2. The quantitative estimate of drug-likeness (QED) is 0.333. The summed E-state index contributed by atoms with van der Waals surface area (Å²) < 4.78 is 73.4. The Hall–Kier alpha value is -4.08. The standard InChI is InChI=1S/C23H22F3N7O5S/c1-4-38-21(35)22(7-8-22)30-19(34)14-6-9-27-17-15(20(31-33(14)17)39(36,37)5-2)18-29-13-10-12(23(24,25)26)11-28-16(13)32(18)3/h6,9-11H,4-5,7-8H2,1-3H3,(H,30,34). The van der Waals surface area contributed by atoms with E-state index in [0.717, 1.165) is 10.6 Å². The van der Waals surface area contributed by atoms with E-state index in [-0.39, 0.29) is 46.3 Å². The first-order valence-corrected chi connectivity index (χ1v) is 13.5. The minimum absolute atomic E-state index is 0.0610. The van der Waals surface area contributed by atoms with Crippen molar-refractivity contribution in [2.45, 2.75) is 43.4 Å². The summed E-state index contributed by atoms with van der Waals surface area (Å²) in [6.45, 7) is 3.17. The van der Waals surface area contributed by atoms with Gasteiger partial charge in [0.1, 0.15) is 28.1 Å². The molecule has 0 bridgehead atoms. The van der Waals surface area contributed by atoms with Crippen LogP contribution in [0.1, 0.15) is 42.7 Å². The average Bonchev–Trinajstić information content (AvgIpc) is 3.45. The van der Waals surface area contributed by atoms with Gasteiger partial charge in [0.15, 0.2) is 26.2 Å². The smallest absolute Gasteiger partial charge is 0.417 e. The maximum atomic E-state index is 13.3. The first-order valence-electron chi connectivity index (χ1n) is 11.8. The van der Waals surface area contributed by atoms with Crippen LogP contribution in [0.25, 0.3) is 28.2 Å². The van der Waals surface area contributed by atoms with E-state index in [9.17, 15) is 31.2 Å². The third-order valence-electron chi connectivity index (χ3n) is 6.42. The van der Waals surface area contributed by atoms with Gasteiger partial charge in [-0.2, -0.15) is 18.3 Å². The number of aryl methyl sites for hydroxylation is 1. The van der Waals surface area contributed by atoms with E-state index in [1.165, 1.54) is 30.8 Å². The van der Waals surface area contributed by atoms with Gasteiger partial charge in [-0.25, -0.2) is 32.7 Å². The predicted molar refractivity (Wildman–Crippen MR) is 129 cm³/mol. The Morgan fingerprint density at radius 1 is 1.18 bits per heavy atom. The van der Waals surface area contributed by atoms with Gasteiger partial charge in [-0.3, -0.25) is 4.79 Å². The predicted octanol–water partition coefficient (Wildman–Crippen LogP) is 2.32. The number of hydrogen-bond donors (Lipinski definition) is 1. The second-order valence-corrected chi connectivity index (χ2v) is 11.2. The van der Waals surface area contributed by atoms with Gasteiger partial charge >= 0.3 is 12.1 Å². The molecule has 1 fully saturated rings. The van der Waals surface area contributed by atoms with Gasteiger partial charge in [0.05, 0.1) is 17.9 Å². The Morgan fingerprint density at radius 2 is 1.90 bits per heavy atom. The molecule has 16 heteroatoms. The Labute approximate surface area is 219 Å². The minimum atomic E-state index is -4.66. The molecular formula is C23H22F3N7O5S. The monoisotopic (exact) mass is 565 g/mol. The molecule has 5 rings (SSSR count). The fourth-order valence-electron chi connectivity index (χ4n) is 4.16. The zero-order valence-electron chi connectivity index (χ0n) is 20.9. The lowest BCUT2D eigenvalue weighted by Crippen LogP contribution is -2.44. The van der Waals surface area contributed by atoms with Crippen LogP contribution in [0.4, 0.5) is 13.2 Å². The van der Waals surface area contributed by atoms with Gasteiger partial charge in [0, 0.05) is 19.4 Å². The first-order chi connectivity index (χ1) is 18.3. The van der Waals surface area contributed by atoms with Crippen molar-refractivity contribution in [1.29, 1.82) is 0 Å². The normalized spacial score (nSPS) is 15.0. The molecule has 1 aliphatic rings. The van der Waals surface area contributed by atoms with Crippen LogP contribution in [-0.4, -0.2) is 67.3 Å². The zero-order chi connectivity index (χ0) is 28.3. The number of pyridine rings is 1. The van der Waals surface area contributed by atoms with Crippen LogP contribution in [0.15, 0.2) is 29.6 Å². The molecule has 1 saturated carbocycles. The molecule has 4 aromatic rings. The number of alkyl halides is 3. The highest BCUT2D eigenvalue weighted by Gasteiger charge is 2.53. The number of sulfone groups is 1. The number of hydrogen-bond acceptors (Lipinski definition) is 9. The number of carbonyl (C=O) groups excluding carboxylic acids is 2. The molecule has 0 saturated heterocycles. The number of halogens is 3. The third-order valence-corrected chi connectivity index (χ3v) is 8.06. The molecule has 0 aromatic carbocycles. The van der Waals surface area contributed by atoms with Gasteiger partial charge < -0.3 is 14.6 Å². The summed E-state index contributed by atoms with van der Waals surface area (Å²) in [6, 6.07) is 2.11. The van der Waals surface area contributed by atoms with Crippen LogP contribution < -0.4 is 5.32 Å². The van der Waals surface area contributed by atoms with E-state index >= 15 is 0 Å². The number of carbonyl (C=O) groups is 2. The van der Waals surface area contributed by atoms with Crippen molar-refractivity contribution in [2.24, 2.45) is 7.05 Å². The van der Waals surface area contributed by atoms with E-state index in [1.54, 1.807) is 6.92 Å². The van der Waals surface area contributed by atoms with E-state index in [2.05, 4.69) is 25.4 Å². The summed E-state index contributed by atoms with van der Waals surface area (Å²) in [5, 5.41) is 6.37. The lowest BCUT2D eigenvalue weighted by atomic mass is 10.2. The summed E-state index contributed by atoms with van der Waals surface area (Å²) in [7, 11) is -2.58. The van der Waals surface area contributed by atoms with Crippen LogP contribution in [-0.2, 0) is 32.6 Å². The summed E-state index contributed by atoms with van der Waals surface area (Å²) in [5.41, 5.74) is -2.57. The van der Waals surface area contributed by atoms with Crippen molar-refractivity contribution in [2.75, 3.05) is 12.4 Å². The Morgan fingerprint density at radius 3 is 2.51 bits per heavy atom. The fourth-order valence-corrected chi connectivity index (χ4v) is 5.13. The van der Waals surface area contributed by atoms with Gasteiger partial charge in [-0.15, -0.1) is 0 Å². The van der Waals surface area contributed by atoms with Crippen LogP contribution in [0, 0.1) is 0 Å². The topological polar surface area (TPSA) is 150 Å². The average molecular weight is 566 g/mol. The highest BCUT2D eigenvalue weighted by Crippen LogP contribution is 2.38. The molecule has 0 atom stereocenters. The van der Waals surface area contributed by atoms with Crippen LogP contribution in [0.5, 0.6) is 0 Å². The molecule has 39 heavy (non-hydrogen) atoms. The van der Waals surface area contributed by atoms with Crippen molar-refractivity contribution in [3.63, 3.8) is 0 Å². The molecule has 0 aliphatic heterocycles. The third kappa shape index (κ3) is 4.37. The number of imidazole rings is 1. The summed E-state index contributed by atoms with van der Waals surface area (Å²) in [4.78, 5) is 37.9. The van der Waals surface area contributed by atoms with Gasteiger partial charge in [-0.1, -0.05) is 6.92 Å². The number of amides is 1. The molecule has 0 unspecified atom stereocenters. The maximum absolute atomic E-state index is 13.3.